The van der Waals surface area contributed by atoms with Gasteiger partial charge >= 0.3 is 0 Å². The summed E-state index contributed by atoms with van der Waals surface area (Å²) in [4.78, 5) is 13.0. The van der Waals surface area contributed by atoms with Gasteiger partial charge in [0.15, 0.2) is 7.95 Å². The van der Waals surface area contributed by atoms with Crippen LogP contribution in [0.4, 0.5) is 17.8 Å². The molecule has 1 atom stereocenters. The summed E-state index contributed by atoms with van der Waals surface area (Å²) in [6.45, 7) is 4.67. The van der Waals surface area contributed by atoms with E-state index in [1.165, 1.54) is 0 Å². The first-order valence-electron chi connectivity index (χ1n) is 9.57. The predicted molar refractivity (Wildman–Crippen MR) is 110 cm³/mol. The van der Waals surface area contributed by atoms with Gasteiger partial charge in [-0.1, -0.05) is 25.7 Å². The number of rotatable bonds is 16. The molecule has 0 saturated heterocycles. The van der Waals surface area contributed by atoms with E-state index in [1.54, 1.807) is 6.66 Å². The summed E-state index contributed by atoms with van der Waals surface area (Å²) >= 11 is 0. The molecular formula is C16H35N8OPY. The van der Waals surface area contributed by atoms with Gasteiger partial charge in [-0.3, -0.25) is 0 Å². The van der Waals surface area contributed by atoms with Gasteiger partial charge in [0.1, 0.15) is 0 Å². The molecule has 0 amide bonds. The Morgan fingerprint density at radius 2 is 1.15 bits per heavy atom. The van der Waals surface area contributed by atoms with Crippen LogP contribution in [0.2, 0.25) is 0 Å². The molecule has 0 aliphatic rings. The van der Waals surface area contributed by atoms with Gasteiger partial charge in [-0.15, -0.1) is 0 Å². The van der Waals surface area contributed by atoms with Gasteiger partial charge in [0.05, 0.1) is 0 Å². The number of nitrogens with zero attached hydrogens (tertiary/aromatic N) is 3. The number of nitrogens with one attached hydrogen (secondary N) is 3. The van der Waals surface area contributed by atoms with E-state index in [0.717, 1.165) is 77.5 Å². The first kappa shape index (κ1) is 26.7. The summed E-state index contributed by atoms with van der Waals surface area (Å²) in [5.41, 5.74) is 11.0. The number of aromatic nitrogens is 3. The molecule has 9 nitrogen and oxygen atoms in total. The molecule has 0 bridgehead atoms. The van der Waals surface area contributed by atoms with Crippen LogP contribution in [0.3, 0.4) is 0 Å². The van der Waals surface area contributed by atoms with Crippen molar-refractivity contribution in [3.05, 3.63) is 0 Å². The zero-order chi connectivity index (χ0) is 19.0. The van der Waals surface area contributed by atoms with Crippen LogP contribution >= 0.6 is 7.95 Å². The van der Waals surface area contributed by atoms with Crippen LogP contribution in [-0.2, 0) is 37.3 Å². The van der Waals surface area contributed by atoms with E-state index in [1.807, 2.05) is 0 Å². The second-order valence-corrected chi connectivity index (χ2v) is 7.61. The Hall–Kier alpha value is -0.336. The average Bonchev–Trinajstić information content (AvgIpc) is 2.60. The summed E-state index contributed by atoms with van der Waals surface area (Å²) in [5, 5.41) is 9.23. The second-order valence-electron chi connectivity index (χ2n) is 6.25. The van der Waals surface area contributed by atoms with Crippen molar-refractivity contribution in [2.75, 3.05) is 48.6 Å². The molecule has 1 radical (unpaired) electrons. The van der Waals surface area contributed by atoms with Crippen LogP contribution in [-0.4, -0.2) is 47.8 Å². The van der Waals surface area contributed by atoms with E-state index in [9.17, 15) is 4.57 Å². The van der Waals surface area contributed by atoms with E-state index in [4.69, 9.17) is 11.5 Å². The number of nitrogens with two attached hydrogens (primary N) is 2. The van der Waals surface area contributed by atoms with Gasteiger partial charge in [-0.05, 0) is 38.8 Å². The fourth-order valence-corrected chi connectivity index (χ4v) is 2.82. The minimum atomic E-state index is -1.92. The third-order valence-electron chi connectivity index (χ3n) is 3.75. The molecule has 0 spiro atoms. The molecule has 1 aromatic heterocycles. The molecule has 27 heavy (non-hydrogen) atoms. The Kier molecular flexibility index (Phi) is 17.5. The number of unbranched alkanes of at least 4 members (excludes halogenated alkanes) is 6. The van der Waals surface area contributed by atoms with Gasteiger partial charge < -0.3 is 31.8 Å². The van der Waals surface area contributed by atoms with E-state index in [0.29, 0.717) is 17.8 Å². The Balaban J connectivity index is 0.00000676. The molecule has 0 aliphatic heterocycles. The summed E-state index contributed by atoms with van der Waals surface area (Å²) < 4.78 is 11.5. The smallest absolute Gasteiger partial charge is 0.234 e. The molecule has 0 saturated carbocycles. The summed E-state index contributed by atoms with van der Waals surface area (Å²) in [6.07, 6.45) is 8.70. The first-order chi connectivity index (χ1) is 12.7. The van der Waals surface area contributed by atoms with Crippen LogP contribution in [0.5, 0.6) is 0 Å². The van der Waals surface area contributed by atoms with Crippen molar-refractivity contribution in [1.82, 2.24) is 15.0 Å². The molecule has 0 fully saturated rings. The van der Waals surface area contributed by atoms with Gasteiger partial charge in [0, 0.05) is 52.5 Å². The molecule has 1 aromatic rings. The Morgan fingerprint density at radius 3 is 1.56 bits per heavy atom. The van der Waals surface area contributed by atoms with Crippen molar-refractivity contribution in [3.8, 4) is 0 Å². The third kappa shape index (κ3) is 14.3. The van der Waals surface area contributed by atoms with Gasteiger partial charge in [0.2, 0.25) is 17.8 Å². The molecule has 1 heterocycles. The maximum absolute atomic E-state index is 11.5. The van der Waals surface area contributed by atoms with Crippen molar-refractivity contribution in [2.24, 2.45) is 11.5 Å². The maximum Gasteiger partial charge on any atom is 0.234 e. The number of hydrogen-bond acceptors (Lipinski definition) is 8. The Bertz CT molecular complexity index is 489. The van der Waals surface area contributed by atoms with E-state index >= 15 is 0 Å². The van der Waals surface area contributed by atoms with Crippen molar-refractivity contribution < 1.29 is 37.3 Å². The van der Waals surface area contributed by atoms with Crippen LogP contribution in [0, 0.1) is 0 Å². The first-order valence-corrected chi connectivity index (χ1v) is 11.5. The van der Waals surface area contributed by atoms with Crippen LogP contribution in [0.25, 0.3) is 0 Å². The van der Waals surface area contributed by atoms with Crippen LogP contribution in [0.1, 0.15) is 51.4 Å². The van der Waals surface area contributed by atoms with Gasteiger partial charge in [-0.2, -0.15) is 15.0 Å². The molecule has 0 aliphatic carbocycles. The molecule has 7 N–H and O–H groups in total. The third-order valence-corrected chi connectivity index (χ3v) is 4.33. The Morgan fingerprint density at radius 1 is 0.741 bits per heavy atom. The summed E-state index contributed by atoms with van der Waals surface area (Å²) in [5.74, 6) is 1.33. The quantitative estimate of drug-likeness (QED) is 0.180. The Labute approximate surface area is 188 Å². The predicted octanol–water partition coefficient (Wildman–Crippen LogP) is 2.25. The fourth-order valence-electron chi connectivity index (χ4n) is 2.39. The number of hydrogen-bond donors (Lipinski definition) is 5. The van der Waals surface area contributed by atoms with E-state index < -0.39 is 7.95 Å². The number of anilines is 3. The zero-order valence-electron chi connectivity index (χ0n) is 16.5. The monoisotopic (exact) mass is 475 g/mol. The van der Waals surface area contributed by atoms with E-state index in [-0.39, 0.29) is 32.7 Å². The standard InChI is InChI=1S/C16H35N8OP.Y/c1-26(25)24-16-22-14(19-12-8-4-2-6-10-17)21-15(23-16)20-13-9-5-3-7-11-18;/h26H,2-13,17-18H2,1H3,(H3,19,20,21,22,23,24,25);. The molecule has 153 valence electrons. The van der Waals surface area contributed by atoms with Crippen molar-refractivity contribution in [2.45, 2.75) is 51.4 Å². The maximum atomic E-state index is 11.5. The van der Waals surface area contributed by atoms with Crippen molar-refractivity contribution in [3.63, 3.8) is 0 Å². The summed E-state index contributed by atoms with van der Waals surface area (Å²) in [6, 6.07) is 0. The molecular weight excluding hydrogens is 440 g/mol. The topological polar surface area (TPSA) is 144 Å². The van der Waals surface area contributed by atoms with E-state index in [2.05, 4.69) is 30.7 Å². The molecule has 1 rings (SSSR count). The van der Waals surface area contributed by atoms with Crippen molar-refractivity contribution >= 4 is 25.8 Å². The SMILES string of the molecule is C[PH](=O)Nc1nc(NCCCCCCN)nc(NCCCCCCN)n1.[Y]. The van der Waals surface area contributed by atoms with Gasteiger partial charge in [0.25, 0.3) is 0 Å². The molecule has 1 unspecified atom stereocenters. The fraction of sp³-hybridized carbons (Fsp3) is 0.812. The van der Waals surface area contributed by atoms with Gasteiger partial charge in [-0.25, -0.2) is 0 Å². The minimum Gasteiger partial charge on any atom is -0.354 e. The van der Waals surface area contributed by atoms with Crippen LogP contribution < -0.4 is 27.2 Å². The minimum absolute atomic E-state index is 0. The molecule has 11 heteroatoms. The molecule has 0 aromatic carbocycles. The van der Waals surface area contributed by atoms with Crippen LogP contribution in [0.15, 0.2) is 0 Å². The largest absolute Gasteiger partial charge is 0.354 e. The zero-order valence-corrected chi connectivity index (χ0v) is 20.3. The second kappa shape index (κ2) is 17.7. The average molecular weight is 475 g/mol. The normalized spacial score (nSPS) is 11.5. The van der Waals surface area contributed by atoms with Crippen molar-refractivity contribution in [1.29, 1.82) is 0 Å². The summed E-state index contributed by atoms with van der Waals surface area (Å²) in [7, 11) is -1.92.